The highest BCUT2D eigenvalue weighted by Crippen LogP contribution is 2.27. The van der Waals surface area contributed by atoms with Crippen LogP contribution in [0.25, 0.3) is 0 Å². The Kier molecular flexibility index (Phi) is 4.85. The molecule has 1 heterocycles. The van der Waals surface area contributed by atoms with E-state index in [0.717, 1.165) is 31.0 Å². The molecule has 0 aliphatic heterocycles. The van der Waals surface area contributed by atoms with E-state index in [0.29, 0.717) is 18.0 Å². The van der Waals surface area contributed by atoms with E-state index in [4.69, 9.17) is 11.5 Å². The summed E-state index contributed by atoms with van der Waals surface area (Å²) in [6, 6.07) is 3.71. The van der Waals surface area contributed by atoms with E-state index in [9.17, 15) is 10.1 Å². The molecule has 1 aromatic rings. The van der Waals surface area contributed by atoms with E-state index in [2.05, 4.69) is 21.4 Å². The molecule has 1 amide bonds. The van der Waals surface area contributed by atoms with Crippen molar-refractivity contribution < 1.29 is 4.79 Å². The third-order valence-corrected chi connectivity index (χ3v) is 4.22. The molecule has 1 fully saturated rings. The maximum Gasteiger partial charge on any atom is 0.231 e. The van der Waals surface area contributed by atoms with E-state index in [-0.39, 0.29) is 23.3 Å². The van der Waals surface area contributed by atoms with Gasteiger partial charge in [0.2, 0.25) is 5.91 Å². The number of rotatable bonds is 4. The first-order valence-corrected chi connectivity index (χ1v) is 7.77. The second kappa shape index (κ2) is 6.63. The van der Waals surface area contributed by atoms with E-state index in [1.165, 1.54) is 6.07 Å². The number of aromatic nitrogens is 2. The maximum absolute atomic E-state index is 12.0. The molecule has 0 unspecified atom stereocenters. The first kappa shape index (κ1) is 15.4. The second-order valence-electron chi connectivity index (χ2n) is 5.09. The van der Waals surface area contributed by atoms with Crippen molar-refractivity contribution in [2.75, 3.05) is 17.2 Å². The fourth-order valence-corrected chi connectivity index (χ4v) is 3.05. The number of nitriles is 1. The topological polar surface area (TPSA) is 131 Å². The van der Waals surface area contributed by atoms with Crippen LogP contribution < -0.4 is 16.8 Å². The van der Waals surface area contributed by atoms with Crippen molar-refractivity contribution in [2.24, 2.45) is 0 Å². The predicted molar refractivity (Wildman–Crippen MR) is 81.2 cm³/mol. The number of nitrogens with two attached hydrogens (primary N) is 2. The predicted octanol–water partition coefficient (Wildman–Crippen LogP) is 1.08. The zero-order valence-corrected chi connectivity index (χ0v) is 12.4. The Bertz CT molecular complexity index is 544. The summed E-state index contributed by atoms with van der Waals surface area (Å²) in [5.74, 6) is 0.470. The fourth-order valence-electron chi connectivity index (χ4n) is 2.38. The summed E-state index contributed by atoms with van der Waals surface area (Å²) in [7, 11) is 0. The molecule has 1 aliphatic rings. The molecule has 0 radical (unpaired) electrons. The SMILES string of the molecule is N#CC1(NC(=O)CSc2nc(N)cc(N)n2)CCCCC1. The van der Waals surface area contributed by atoms with Crippen LogP contribution in [0.1, 0.15) is 32.1 Å². The molecular formula is C13H18N6OS. The lowest BCUT2D eigenvalue weighted by Crippen LogP contribution is -2.49. The molecule has 2 rings (SSSR count). The van der Waals surface area contributed by atoms with Crippen LogP contribution in [0.4, 0.5) is 11.6 Å². The van der Waals surface area contributed by atoms with Gasteiger partial charge in [0.15, 0.2) is 5.16 Å². The Morgan fingerprint density at radius 3 is 2.52 bits per heavy atom. The normalized spacial score (nSPS) is 16.9. The van der Waals surface area contributed by atoms with Crippen molar-refractivity contribution in [3.05, 3.63) is 6.07 Å². The standard InChI is InChI=1S/C13H18N6OS/c14-8-13(4-2-1-3-5-13)19-11(20)7-21-12-17-9(15)6-10(16)18-12/h6H,1-5,7H2,(H,19,20)(H4,15,16,17,18). The highest BCUT2D eigenvalue weighted by molar-refractivity contribution is 7.99. The minimum absolute atomic E-state index is 0.131. The van der Waals surface area contributed by atoms with Crippen molar-refractivity contribution in [1.82, 2.24) is 15.3 Å². The summed E-state index contributed by atoms with van der Waals surface area (Å²) >= 11 is 1.15. The number of nitrogens with one attached hydrogen (secondary N) is 1. The maximum atomic E-state index is 12.0. The minimum atomic E-state index is -0.717. The summed E-state index contributed by atoms with van der Waals surface area (Å²) in [6.45, 7) is 0. The molecule has 0 spiro atoms. The van der Waals surface area contributed by atoms with Gasteiger partial charge in [-0.05, 0) is 12.8 Å². The number of amides is 1. The molecule has 1 saturated carbocycles. The van der Waals surface area contributed by atoms with Gasteiger partial charge in [0.05, 0.1) is 11.8 Å². The average molecular weight is 306 g/mol. The Balaban J connectivity index is 1.91. The van der Waals surface area contributed by atoms with Gasteiger partial charge in [0.25, 0.3) is 0 Å². The molecule has 0 atom stereocenters. The van der Waals surface area contributed by atoms with Crippen molar-refractivity contribution in [3.8, 4) is 6.07 Å². The van der Waals surface area contributed by atoms with E-state index < -0.39 is 5.54 Å². The van der Waals surface area contributed by atoms with Crippen LogP contribution in [0.2, 0.25) is 0 Å². The van der Waals surface area contributed by atoms with Crippen LogP contribution in [0.5, 0.6) is 0 Å². The number of carbonyl (C=O) groups excluding carboxylic acids is 1. The van der Waals surface area contributed by atoms with E-state index in [1.54, 1.807) is 0 Å². The molecule has 8 heteroatoms. The van der Waals surface area contributed by atoms with Gasteiger partial charge in [0.1, 0.15) is 17.2 Å². The van der Waals surface area contributed by atoms with Crippen LogP contribution in [0.3, 0.4) is 0 Å². The quantitative estimate of drug-likeness (QED) is 0.560. The molecular weight excluding hydrogens is 288 g/mol. The second-order valence-corrected chi connectivity index (χ2v) is 6.03. The van der Waals surface area contributed by atoms with E-state index in [1.807, 2.05) is 0 Å². The Hall–Kier alpha value is -2.01. The van der Waals surface area contributed by atoms with Crippen molar-refractivity contribution in [2.45, 2.75) is 42.8 Å². The van der Waals surface area contributed by atoms with Gasteiger partial charge in [-0.1, -0.05) is 31.0 Å². The monoisotopic (exact) mass is 306 g/mol. The minimum Gasteiger partial charge on any atom is -0.383 e. The summed E-state index contributed by atoms with van der Waals surface area (Å²) < 4.78 is 0. The fraction of sp³-hybridized carbons (Fsp3) is 0.538. The number of hydrogen-bond donors (Lipinski definition) is 3. The van der Waals surface area contributed by atoms with Crippen molar-refractivity contribution >= 4 is 29.3 Å². The third-order valence-electron chi connectivity index (χ3n) is 3.38. The first-order valence-electron chi connectivity index (χ1n) is 6.78. The van der Waals surface area contributed by atoms with Gasteiger partial charge in [-0.2, -0.15) is 5.26 Å². The largest absolute Gasteiger partial charge is 0.383 e. The molecule has 21 heavy (non-hydrogen) atoms. The highest BCUT2D eigenvalue weighted by Gasteiger charge is 2.33. The van der Waals surface area contributed by atoms with Crippen LogP contribution in [-0.4, -0.2) is 27.2 Å². The van der Waals surface area contributed by atoms with Gasteiger partial charge in [0, 0.05) is 6.07 Å². The molecule has 7 nitrogen and oxygen atoms in total. The number of hydrogen-bond acceptors (Lipinski definition) is 7. The Morgan fingerprint density at radius 2 is 1.95 bits per heavy atom. The van der Waals surface area contributed by atoms with Crippen molar-refractivity contribution in [1.29, 1.82) is 5.26 Å². The van der Waals surface area contributed by atoms with Crippen LogP contribution >= 0.6 is 11.8 Å². The molecule has 5 N–H and O–H groups in total. The Labute approximate surface area is 127 Å². The average Bonchev–Trinajstić information content (AvgIpc) is 2.45. The van der Waals surface area contributed by atoms with E-state index >= 15 is 0 Å². The van der Waals surface area contributed by atoms with Crippen molar-refractivity contribution in [3.63, 3.8) is 0 Å². The smallest absolute Gasteiger partial charge is 0.231 e. The molecule has 0 aromatic carbocycles. The summed E-state index contributed by atoms with van der Waals surface area (Å²) in [6.07, 6.45) is 4.47. The Morgan fingerprint density at radius 1 is 1.33 bits per heavy atom. The number of carbonyl (C=O) groups is 1. The van der Waals surface area contributed by atoms with Gasteiger partial charge < -0.3 is 16.8 Å². The summed E-state index contributed by atoms with van der Waals surface area (Å²) in [5.41, 5.74) is 10.4. The number of thioether (sulfide) groups is 1. The van der Waals surface area contributed by atoms with Crippen LogP contribution in [0.15, 0.2) is 11.2 Å². The number of nitrogens with zero attached hydrogens (tertiary/aromatic N) is 3. The molecule has 112 valence electrons. The van der Waals surface area contributed by atoms with Crippen LogP contribution in [-0.2, 0) is 4.79 Å². The number of nitrogen functional groups attached to an aromatic ring is 2. The number of anilines is 2. The highest BCUT2D eigenvalue weighted by atomic mass is 32.2. The zero-order valence-electron chi connectivity index (χ0n) is 11.6. The molecule has 1 aromatic heterocycles. The van der Waals surface area contributed by atoms with Gasteiger partial charge in [-0.3, -0.25) is 4.79 Å². The van der Waals surface area contributed by atoms with Gasteiger partial charge in [-0.15, -0.1) is 0 Å². The summed E-state index contributed by atoms with van der Waals surface area (Å²) in [5, 5.41) is 12.5. The molecule has 0 bridgehead atoms. The lowest BCUT2D eigenvalue weighted by molar-refractivity contribution is -0.120. The third kappa shape index (κ3) is 4.23. The molecule has 1 aliphatic carbocycles. The van der Waals surface area contributed by atoms with Gasteiger partial charge >= 0.3 is 0 Å². The summed E-state index contributed by atoms with van der Waals surface area (Å²) in [4.78, 5) is 20.0. The molecule has 0 saturated heterocycles. The van der Waals surface area contributed by atoms with Crippen LogP contribution in [0, 0.1) is 11.3 Å². The lowest BCUT2D eigenvalue weighted by atomic mass is 9.83. The van der Waals surface area contributed by atoms with Gasteiger partial charge in [-0.25, -0.2) is 9.97 Å². The zero-order chi connectivity index (χ0) is 15.3. The first-order chi connectivity index (χ1) is 10.0. The lowest BCUT2D eigenvalue weighted by Gasteiger charge is -2.31.